The minimum Gasteiger partial charge on any atom is -0.439 e. The van der Waals surface area contributed by atoms with Gasteiger partial charge in [0.05, 0.1) is 6.61 Å². The van der Waals surface area contributed by atoms with Gasteiger partial charge >= 0.3 is 0 Å². The van der Waals surface area contributed by atoms with Gasteiger partial charge in [0.2, 0.25) is 5.88 Å². The fourth-order valence-electron chi connectivity index (χ4n) is 1.81. The second kappa shape index (κ2) is 7.50. The Bertz CT molecular complexity index is 544. The van der Waals surface area contributed by atoms with Crippen LogP contribution in [0.5, 0.6) is 11.6 Å². The first-order valence-corrected chi connectivity index (χ1v) is 6.78. The van der Waals surface area contributed by atoms with Crippen molar-refractivity contribution in [2.75, 3.05) is 19.0 Å². The molecule has 0 amide bonds. The van der Waals surface area contributed by atoms with E-state index in [4.69, 9.17) is 9.47 Å². The van der Waals surface area contributed by atoms with Crippen molar-refractivity contribution in [3.05, 3.63) is 48.0 Å². The van der Waals surface area contributed by atoms with Gasteiger partial charge in [0, 0.05) is 19.7 Å². The van der Waals surface area contributed by atoms with E-state index in [1.807, 2.05) is 42.5 Å². The lowest BCUT2D eigenvalue weighted by molar-refractivity contribution is 0.184. The van der Waals surface area contributed by atoms with Gasteiger partial charge in [0.15, 0.2) is 0 Å². The molecule has 0 unspecified atom stereocenters. The summed E-state index contributed by atoms with van der Waals surface area (Å²) in [5, 5.41) is 3.24. The molecule has 0 bridgehead atoms. The number of methoxy groups -OCH3 is 1. The van der Waals surface area contributed by atoms with Crippen molar-refractivity contribution in [3.63, 3.8) is 0 Å². The Labute approximate surface area is 119 Å². The summed E-state index contributed by atoms with van der Waals surface area (Å²) in [7, 11) is 1.68. The molecule has 0 aliphatic heterocycles. The first kappa shape index (κ1) is 14.3. The SMILES string of the molecule is CCCNc1cccc(Oc2cccc(COC)c2)n1. The zero-order chi connectivity index (χ0) is 14.2. The van der Waals surface area contributed by atoms with E-state index < -0.39 is 0 Å². The van der Waals surface area contributed by atoms with E-state index in [0.29, 0.717) is 12.5 Å². The first-order valence-electron chi connectivity index (χ1n) is 6.78. The molecule has 0 atom stereocenters. The van der Waals surface area contributed by atoms with E-state index in [2.05, 4.69) is 17.2 Å². The predicted octanol–water partition coefficient (Wildman–Crippen LogP) is 3.84. The second-order valence-corrected chi connectivity index (χ2v) is 4.47. The zero-order valence-corrected chi connectivity index (χ0v) is 11.9. The Kier molecular flexibility index (Phi) is 5.38. The molecule has 20 heavy (non-hydrogen) atoms. The number of ether oxygens (including phenoxy) is 2. The van der Waals surface area contributed by atoms with E-state index in [0.717, 1.165) is 30.1 Å². The third-order valence-electron chi connectivity index (χ3n) is 2.71. The van der Waals surface area contributed by atoms with Crippen molar-refractivity contribution in [1.29, 1.82) is 0 Å². The van der Waals surface area contributed by atoms with E-state index >= 15 is 0 Å². The molecule has 4 heteroatoms. The van der Waals surface area contributed by atoms with Crippen molar-refractivity contribution >= 4 is 5.82 Å². The number of hydrogen-bond donors (Lipinski definition) is 1. The molecule has 1 N–H and O–H groups in total. The fraction of sp³-hybridized carbons (Fsp3) is 0.312. The molecule has 4 nitrogen and oxygen atoms in total. The largest absolute Gasteiger partial charge is 0.439 e. The van der Waals surface area contributed by atoms with Gasteiger partial charge < -0.3 is 14.8 Å². The van der Waals surface area contributed by atoms with Gasteiger partial charge in [-0.15, -0.1) is 0 Å². The highest BCUT2D eigenvalue weighted by atomic mass is 16.5. The predicted molar refractivity (Wildman–Crippen MR) is 80.2 cm³/mol. The van der Waals surface area contributed by atoms with Gasteiger partial charge in [0.25, 0.3) is 0 Å². The third kappa shape index (κ3) is 4.24. The standard InChI is InChI=1S/C16H20N2O2/c1-3-10-17-15-8-5-9-16(18-15)20-14-7-4-6-13(11-14)12-19-2/h4-9,11H,3,10,12H2,1-2H3,(H,17,18). The molecular weight excluding hydrogens is 252 g/mol. The number of benzene rings is 1. The molecule has 1 heterocycles. The van der Waals surface area contributed by atoms with Crippen LogP contribution in [0.25, 0.3) is 0 Å². The van der Waals surface area contributed by atoms with Gasteiger partial charge in [0.1, 0.15) is 11.6 Å². The zero-order valence-electron chi connectivity index (χ0n) is 11.9. The van der Waals surface area contributed by atoms with E-state index in [9.17, 15) is 0 Å². The van der Waals surface area contributed by atoms with Gasteiger partial charge in [-0.1, -0.05) is 25.1 Å². The first-order chi connectivity index (χ1) is 9.81. The van der Waals surface area contributed by atoms with Gasteiger partial charge in [-0.25, -0.2) is 0 Å². The minimum atomic E-state index is 0.572. The number of nitrogens with one attached hydrogen (secondary N) is 1. The number of nitrogens with zero attached hydrogens (tertiary/aromatic N) is 1. The van der Waals surface area contributed by atoms with Crippen molar-refractivity contribution in [2.24, 2.45) is 0 Å². The van der Waals surface area contributed by atoms with Crippen LogP contribution in [0.2, 0.25) is 0 Å². The Morgan fingerprint density at radius 3 is 2.80 bits per heavy atom. The summed E-state index contributed by atoms with van der Waals surface area (Å²) in [6.45, 7) is 3.59. The lowest BCUT2D eigenvalue weighted by atomic mass is 10.2. The Balaban J connectivity index is 2.07. The van der Waals surface area contributed by atoms with Crippen LogP contribution >= 0.6 is 0 Å². The monoisotopic (exact) mass is 272 g/mol. The van der Waals surface area contributed by atoms with Gasteiger partial charge in [-0.05, 0) is 30.2 Å². The lowest BCUT2D eigenvalue weighted by Crippen LogP contribution is -2.02. The summed E-state index contributed by atoms with van der Waals surface area (Å²) in [4.78, 5) is 4.42. The normalized spacial score (nSPS) is 10.3. The van der Waals surface area contributed by atoms with Gasteiger partial charge in [-0.3, -0.25) is 0 Å². The fourth-order valence-corrected chi connectivity index (χ4v) is 1.81. The number of rotatable bonds is 7. The van der Waals surface area contributed by atoms with E-state index in [1.54, 1.807) is 7.11 Å². The van der Waals surface area contributed by atoms with Crippen LogP contribution in [0.1, 0.15) is 18.9 Å². The summed E-state index contributed by atoms with van der Waals surface area (Å²) < 4.78 is 10.9. The van der Waals surface area contributed by atoms with E-state index in [1.165, 1.54) is 0 Å². The topological polar surface area (TPSA) is 43.4 Å². The molecule has 0 fully saturated rings. The Morgan fingerprint density at radius 2 is 2.00 bits per heavy atom. The van der Waals surface area contributed by atoms with Crippen LogP contribution in [-0.2, 0) is 11.3 Å². The second-order valence-electron chi connectivity index (χ2n) is 4.47. The highest BCUT2D eigenvalue weighted by Crippen LogP contribution is 2.22. The average Bonchev–Trinajstić information content (AvgIpc) is 2.46. The molecule has 0 saturated heterocycles. The molecule has 0 aliphatic carbocycles. The van der Waals surface area contributed by atoms with Crippen LogP contribution < -0.4 is 10.1 Å². The summed E-state index contributed by atoms with van der Waals surface area (Å²) in [5.41, 5.74) is 1.07. The van der Waals surface area contributed by atoms with Crippen LogP contribution in [0.4, 0.5) is 5.82 Å². The van der Waals surface area contributed by atoms with Crippen molar-refractivity contribution in [3.8, 4) is 11.6 Å². The summed E-state index contributed by atoms with van der Waals surface area (Å²) in [6, 6.07) is 13.5. The molecular formula is C16H20N2O2. The average molecular weight is 272 g/mol. The molecule has 0 spiro atoms. The quantitative estimate of drug-likeness (QED) is 0.831. The molecule has 1 aromatic heterocycles. The Hall–Kier alpha value is -2.07. The molecule has 106 valence electrons. The minimum absolute atomic E-state index is 0.572. The van der Waals surface area contributed by atoms with Crippen molar-refractivity contribution < 1.29 is 9.47 Å². The lowest BCUT2D eigenvalue weighted by Gasteiger charge is -2.09. The number of anilines is 1. The highest BCUT2D eigenvalue weighted by Gasteiger charge is 2.01. The highest BCUT2D eigenvalue weighted by molar-refractivity contribution is 5.39. The molecule has 0 aliphatic rings. The van der Waals surface area contributed by atoms with E-state index in [-0.39, 0.29) is 0 Å². The number of aromatic nitrogens is 1. The van der Waals surface area contributed by atoms with Crippen LogP contribution in [0, 0.1) is 0 Å². The smallest absolute Gasteiger partial charge is 0.221 e. The third-order valence-corrected chi connectivity index (χ3v) is 2.71. The number of hydrogen-bond acceptors (Lipinski definition) is 4. The maximum Gasteiger partial charge on any atom is 0.221 e. The summed E-state index contributed by atoms with van der Waals surface area (Å²) >= 11 is 0. The number of pyridine rings is 1. The van der Waals surface area contributed by atoms with Gasteiger partial charge in [-0.2, -0.15) is 4.98 Å². The molecule has 1 aromatic carbocycles. The maximum absolute atomic E-state index is 5.78. The van der Waals surface area contributed by atoms with Crippen LogP contribution in [0.3, 0.4) is 0 Å². The van der Waals surface area contributed by atoms with Crippen molar-refractivity contribution in [1.82, 2.24) is 4.98 Å². The summed E-state index contributed by atoms with van der Waals surface area (Å²) in [6.07, 6.45) is 1.06. The van der Waals surface area contributed by atoms with Crippen LogP contribution in [0.15, 0.2) is 42.5 Å². The summed E-state index contributed by atoms with van der Waals surface area (Å²) in [5.74, 6) is 2.18. The molecule has 0 saturated carbocycles. The molecule has 2 aromatic rings. The van der Waals surface area contributed by atoms with Crippen molar-refractivity contribution in [2.45, 2.75) is 20.0 Å². The maximum atomic E-state index is 5.78. The molecule has 0 radical (unpaired) electrons. The molecule has 2 rings (SSSR count). The van der Waals surface area contributed by atoms with Crippen LogP contribution in [-0.4, -0.2) is 18.6 Å². The Morgan fingerprint density at radius 1 is 1.15 bits per heavy atom.